The summed E-state index contributed by atoms with van der Waals surface area (Å²) >= 11 is 1.73. The number of halogens is 1. The Morgan fingerprint density at radius 3 is 2.85 bits per heavy atom. The van der Waals surface area contributed by atoms with Crippen molar-refractivity contribution < 1.29 is 8.91 Å². The number of hydrogen-bond donors (Lipinski definition) is 0. The zero-order valence-electron chi connectivity index (χ0n) is 14.9. The van der Waals surface area contributed by atoms with Gasteiger partial charge in [-0.1, -0.05) is 29.5 Å². The molecule has 4 nitrogen and oxygen atoms in total. The van der Waals surface area contributed by atoms with Gasteiger partial charge < -0.3 is 9.42 Å². The molecule has 0 unspecified atom stereocenters. The van der Waals surface area contributed by atoms with Gasteiger partial charge in [0.25, 0.3) is 0 Å². The average Bonchev–Trinajstić information content (AvgIpc) is 3.31. The van der Waals surface area contributed by atoms with E-state index in [-0.39, 0.29) is 5.82 Å². The van der Waals surface area contributed by atoms with Crippen molar-refractivity contribution in [3.8, 4) is 11.3 Å². The van der Waals surface area contributed by atoms with Gasteiger partial charge in [-0.3, -0.25) is 0 Å². The first-order chi connectivity index (χ1) is 13.2. The molecule has 0 N–H and O–H groups in total. The van der Waals surface area contributed by atoms with Gasteiger partial charge in [0.15, 0.2) is 10.9 Å². The van der Waals surface area contributed by atoms with Crippen LogP contribution in [0.15, 0.2) is 47.0 Å². The number of fused-ring (bicyclic) bond motifs is 2. The lowest BCUT2D eigenvalue weighted by Crippen LogP contribution is -2.30. The molecule has 136 valence electrons. The maximum atomic E-state index is 13.2. The molecular formula is C21H18FN3OS. The summed E-state index contributed by atoms with van der Waals surface area (Å²) in [5, 5.41) is 5.30. The van der Waals surface area contributed by atoms with Crippen LogP contribution < -0.4 is 4.90 Å². The third kappa shape index (κ3) is 2.90. The fourth-order valence-electron chi connectivity index (χ4n) is 3.53. The zero-order valence-corrected chi connectivity index (χ0v) is 15.7. The predicted octanol–water partition coefficient (Wildman–Crippen LogP) is 5.22. The number of rotatable bonds is 3. The molecule has 27 heavy (non-hydrogen) atoms. The molecule has 3 heterocycles. The fourth-order valence-corrected chi connectivity index (χ4v) is 4.59. The van der Waals surface area contributed by atoms with E-state index in [1.165, 1.54) is 22.4 Å². The Hall–Kier alpha value is -2.73. The quantitative estimate of drug-likeness (QED) is 0.490. The second kappa shape index (κ2) is 6.46. The molecule has 4 aromatic rings. The largest absolute Gasteiger partial charge is 0.356 e. The van der Waals surface area contributed by atoms with E-state index in [0.29, 0.717) is 6.54 Å². The molecule has 0 saturated heterocycles. The van der Waals surface area contributed by atoms with Crippen LogP contribution in [-0.2, 0) is 19.4 Å². The highest BCUT2D eigenvalue weighted by molar-refractivity contribution is 7.22. The molecular weight excluding hydrogens is 361 g/mol. The van der Waals surface area contributed by atoms with Gasteiger partial charge in [-0.25, -0.2) is 9.37 Å². The lowest BCUT2D eigenvalue weighted by molar-refractivity contribution is 0.423. The van der Waals surface area contributed by atoms with Crippen LogP contribution in [-0.4, -0.2) is 16.7 Å². The third-order valence-corrected chi connectivity index (χ3v) is 6.15. The Morgan fingerprint density at radius 1 is 1.19 bits per heavy atom. The maximum absolute atomic E-state index is 13.2. The number of benzene rings is 2. The summed E-state index contributed by atoms with van der Waals surface area (Å²) in [5.41, 5.74) is 5.30. The number of nitrogens with zero attached hydrogens (tertiary/aromatic N) is 3. The van der Waals surface area contributed by atoms with Crippen molar-refractivity contribution >= 4 is 26.7 Å². The maximum Gasteiger partial charge on any atom is 0.186 e. The first-order valence-corrected chi connectivity index (χ1v) is 9.90. The van der Waals surface area contributed by atoms with Gasteiger partial charge in [-0.05, 0) is 54.8 Å². The van der Waals surface area contributed by atoms with E-state index in [0.717, 1.165) is 52.6 Å². The monoisotopic (exact) mass is 379 g/mol. The Morgan fingerprint density at radius 2 is 2.04 bits per heavy atom. The molecule has 0 spiro atoms. The lowest BCUT2D eigenvalue weighted by atomic mass is 10.0. The minimum Gasteiger partial charge on any atom is -0.356 e. The van der Waals surface area contributed by atoms with Gasteiger partial charge in [0.2, 0.25) is 0 Å². The van der Waals surface area contributed by atoms with Crippen LogP contribution in [0.1, 0.15) is 23.7 Å². The average molecular weight is 379 g/mol. The molecule has 0 fully saturated rings. The van der Waals surface area contributed by atoms with Crippen LogP contribution in [0, 0.1) is 5.82 Å². The van der Waals surface area contributed by atoms with E-state index < -0.39 is 0 Å². The highest BCUT2D eigenvalue weighted by Crippen LogP contribution is 2.35. The van der Waals surface area contributed by atoms with Crippen LogP contribution in [0.25, 0.3) is 21.5 Å². The topological polar surface area (TPSA) is 42.2 Å². The van der Waals surface area contributed by atoms with Gasteiger partial charge in [-0.2, -0.15) is 0 Å². The van der Waals surface area contributed by atoms with Crippen LogP contribution in [0.2, 0.25) is 0 Å². The summed E-state index contributed by atoms with van der Waals surface area (Å²) in [6.45, 7) is 3.71. The summed E-state index contributed by atoms with van der Waals surface area (Å²) in [4.78, 5) is 7.06. The Bertz CT molecular complexity index is 1120. The molecule has 1 aliphatic rings. The van der Waals surface area contributed by atoms with E-state index in [9.17, 15) is 4.39 Å². The highest BCUT2D eigenvalue weighted by atomic mass is 32.1. The number of hydrogen-bond acceptors (Lipinski definition) is 5. The van der Waals surface area contributed by atoms with E-state index >= 15 is 0 Å². The van der Waals surface area contributed by atoms with Gasteiger partial charge in [0.05, 0.1) is 16.8 Å². The van der Waals surface area contributed by atoms with Crippen molar-refractivity contribution in [2.45, 2.75) is 26.3 Å². The number of anilines is 1. The molecule has 0 saturated carbocycles. The molecule has 0 radical (unpaired) electrons. The van der Waals surface area contributed by atoms with Crippen molar-refractivity contribution in [2.75, 3.05) is 11.4 Å². The Kier molecular flexibility index (Phi) is 3.93. The third-order valence-electron chi connectivity index (χ3n) is 5.07. The van der Waals surface area contributed by atoms with Crippen LogP contribution in [0.3, 0.4) is 0 Å². The second-order valence-corrected chi connectivity index (χ2v) is 7.78. The standard InChI is InChI=1S/C21H18FN3OS/c1-2-13-3-8-17-19(11-13)27-21(23-17)25-10-9-16-18(12-25)24-26-20(16)14-4-6-15(22)7-5-14/h3-8,11H,2,9-10,12H2,1H3. The second-order valence-electron chi connectivity index (χ2n) is 6.77. The van der Waals surface area contributed by atoms with E-state index in [2.05, 4.69) is 35.2 Å². The lowest BCUT2D eigenvalue weighted by Gasteiger charge is -2.25. The highest BCUT2D eigenvalue weighted by Gasteiger charge is 2.26. The molecule has 2 aromatic carbocycles. The summed E-state index contributed by atoms with van der Waals surface area (Å²) in [6, 6.07) is 12.9. The zero-order chi connectivity index (χ0) is 18.4. The van der Waals surface area contributed by atoms with E-state index in [1.807, 2.05) is 0 Å². The molecule has 2 aromatic heterocycles. The minimum absolute atomic E-state index is 0.250. The molecule has 6 heteroatoms. The SMILES string of the molecule is CCc1ccc2nc(N3CCc4c(noc4-c4ccc(F)cc4)C3)sc2c1. The fraction of sp³-hybridized carbons (Fsp3) is 0.238. The molecule has 1 aliphatic heterocycles. The van der Waals surface area contributed by atoms with Crippen molar-refractivity contribution in [1.29, 1.82) is 0 Å². The van der Waals surface area contributed by atoms with Gasteiger partial charge in [0.1, 0.15) is 11.5 Å². The summed E-state index contributed by atoms with van der Waals surface area (Å²) in [7, 11) is 0. The molecule has 0 atom stereocenters. The smallest absolute Gasteiger partial charge is 0.186 e. The van der Waals surface area contributed by atoms with Gasteiger partial charge in [0, 0.05) is 17.7 Å². The first kappa shape index (κ1) is 16.4. The van der Waals surface area contributed by atoms with Crippen molar-refractivity contribution in [2.24, 2.45) is 0 Å². The number of aryl methyl sites for hydroxylation is 1. The number of aromatic nitrogens is 2. The Labute approximate surface area is 160 Å². The van der Waals surface area contributed by atoms with Gasteiger partial charge in [-0.15, -0.1) is 0 Å². The molecule has 0 bridgehead atoms. The Balaban J connectivity index is 1.44. The van der Waals surface area contributed by atoms with Crippen LogP contribution in [0.4, 0.5) is 9.52 Å². The summed E-state index contributed by atoms with van der Waals surface area (Å²) in [5.74, 6) is 0.502. The summed E-state index contributed by atoms with van der Waals surface area (Å²) in [6.07, 6.45) is 1.86. The predicted molar refractivity (Wildman–Crippen MR) is 106 cm³/mol. The van der Waals surface area contributed by atoms with Crippen LogP contribution in [0.5, 0.6) is 0 Å². The number of thiazole rings is 1. The van der Waals surface area contributed by atoms with Crippen molar-refractivity contribution in [1.82, 2.24) is 10.1 Å². The van der Waals surface area contributed by atoms with Gasteiger partial charge >= 0.3 is 0 Å². The minimum atomic E-state index is -0.250. The molecule has 0 aliphatic carbocycles. The van der Waals surface area contributed by atoms with E-state index in [1.54, 1.807) is 23.5 Å². The van der Waals surface area contributed by atoms with Crippen molar-refractivity contribution in [3.63, 3.8) is 0 Å². The first-order valence-electron chi connectivity index (χ1n) is 9.09. The van der Waals surface area contributed by atoms with Crippen LogP contribution >= 0.6 is 11.3 Å². The van der Waals surface area contributed by atoms with Crippen molar-refractivity contribution in [3.05, 3.63) is 65.1 Å². The summed E-state index contributed by atoms with van der Waals surface area (Å²) < 4.78 is 20.0. The van der Waals surface area contributed by atoms with E-state index in [4.69, 9.17) is 9.51 Å². The molecule has 5 rings (SSSR count). The normalized spacial score (nSPS) is 13.9. The molecule has 0 amide bonds.